The minimum atomic E-state index is -0.0912. The zero-order valence-electron chi connectivity index (χ0n) is 17.6. The van der Waals surface area contributed by atoms with Crippen LogP contribution in [0.4, 0.5) is 0 Å². The molecule has 0 spiro atoms. The van der Waals surface area contributed by atoms with Crippen LogP contribution in [-0.2, 0) is 17.9 Å². The molecule has 1 unspecified atom stereocenters. The lowest BCUT2D eigenvalue weighted by Gasteiger charge is -2.12. The fraction of sp³-hybridized carbons (Fsp3) is 0.348. The Labute approximate surface area is 181 Å². The number of carbonyl (C=O) groups excluding carboxylic acids is 2. The molecule has 0 bridgehead atoms. The van der Waals surface area contributed by atoms with Crippen molar-refractivity contribution in [2.24, 2.45) is 0 Å². The van der Waals surface area contributed by atoms with E-state index >= 15 is 0 Å². The Morgan fingerprint density at radius 2 is 1.93 bits per heavy atom. The smallest absolute Gasteiger partial charge is 0.251 e. The number of rotatable bonds is 9. The van der Waals surface area contributed by atoms with E-state index in [4.69, 9.17) is 0 Å². The largest absolute Gasteiger partial charge is 0.351 e. The predicted molar refractivity (Wildman–Crippen MR) is 122 cm³/mol. The summed E-state index contributed by atoms with van der Waals surface area (Å²) in [6.45, 7) is 7.27. The highest BCUT2D eigenvalue weighted by Crippen LogP contribution is 2.23. The molecule has 7 heteroatoms. The van der Waals surface area contributed by atoms with Gasteiger partial charge in [-0.3, -0.25) is 9.59 Å². The molecule has 6 nitrogen and oxygen atoms in total. The molecule has 3 aromatic rings. The molecule has 2 N–H and O–H groups in total. The Kier molecular flexibility index (Phi) is 7.52. The second kappa shape index (κ2) is 10.3. The van der Waals surface area contributed by atoms with Crippen LogP contribution in [0.1, 0.15) is 43.1 Å². The maximum Gasteiger partial charge on any atom is 0.251 e. The summed E-state index contributed by atoms with van der Waals surface area (Å²) in [5.41, 5.74) is 3.52. The van der Waals surface area contributed by atoms with E-state index in [1.807, 2.05) is 56.3 Å². The number of hydrogen-bond acceptors (Lipinski definition) is 4. The third-order valence-electron chi connectivity index (χ3n) is 4.94. The molecule has 3 rings (SSSR count). The summed E-state index contributed by atoms with van der Waals surface area (Å²) in [5.74, 6) is 0.132. The van der Waals surface area contributed by atoms with Gasteiger partial charge in [-0.05, 0) is 50.1 Å². The number of carbonyl (C=O) groups is 2. The molecule has 158 valence electrons. The predicted octanol–water partition coefficient (Wildman–Crippen LogP) is 3.99. The maximum atomic E-state index is 12.4. The molecule has 1 aromatic heterocycles. The number of para-hydroxylation sites is 2. The molecular weight excluding hydrogens is 396 g/mol. The zero-order chi connectivity index (χ0) is 21.5. The number of amides is 2. The molecule has 30 heavy (non-hydrogen) atoms. The van der Waals surface area contributed by atoms with E-state index in [1.165, 1.54) is 11.8 Å². The van der Waals surface area contributed by atoms with Gasteiger partial charge in [0.15, 0.2) is 5.16 Å². The van der Waals surface area contributed by atoms with Crippen LogP contribution in [0.5, 0.6) is 0 Å². The minimum absolute atomic E-state index is 0.0656. The summed E-state index contributed by atoms with van der Waals surface area (Å²) in [7, 11) is 0. The van der Waals surface area contributed by atoms with E-state index in [2.05, 4.69) is 27.1 Å². The van der Waals surface area contributed by atoms with Gasteiger partial charge in [0, 0.05) is 24.7 Å². The Bertz CT molecular complexity index is 1030. The van der Waals surface area contributed by atoms with Gasteiger partial charge >= 0.3 is 0 Å². The number of fused-ring (bicyclic) bond motifs is 1. The first-order valence-electron chi connectivity index (χ1n) is 10.3. The van der Waals surface area contributed by atoms with Crippen molar-refractivity contribution >= 4 is 34.6 Å². The van der Waals surface area contributed by atoms with E-state index in [1.54, 1.807) is 6.07 Å². The highest BCUT2D eigenvalue weighted by atomic mass is 32.2. The van der Waals surface area contributed by atoms with Crippen LogP contribution in [0.3, 0.4) is 0 Å². The molecule has 0 fully saturated rings. The fourth-order valence-electron chi connectivity index (χ4n) is 3.08. The highest BCUT2D eigenvalue weighted by molar-refractivity contribution is 7.99. The van der Waals surface area contributed by atoms with Gasteiger partial charge in [0.05, 0.1) is 16.8 Å². The maximum absolute atomic E-state index is 12.4. The molecule has 0 saturated carbocycles. The number of nitrogens with zero attached hydrogens (tertiary/aromatic N) is 2. The molecular formula is C23H28N4O2S. The van der Waals surface area contributed by atoms with E-state index in [0.717, 1.165) is 34.7 Å². The molecule has 0 saturated heterocycles. The summed E-state index contributed by atoms with van der Waals surface area (Å²) >= 11 is 1.43. The second-order valence-electron chi connectivity index (χ2n) is 7.18. The van der Waals surface area contributed by atoms with Gasteiger partial charge in [-0.15, -0.1) is 0 Å². The summed E-state index contributed by atoms with van der Waals surface area (Å²) in [5, 5.41) is 6.73. The lowest BCUT2D eigenvalue weighted by molar-refractivity contribution is -0.118. The van der Waals surface area contributed by atoms with Gasteiger partial charge in [-0.1, -0.05) is 43.0 Å². The third kappa shape index (κ3) is 5.42. The van der Waals surface area contributed by atoms with Crippen molar-refractivity contribution in [2.45, 2.75) is 51.5 Å². The Balaban J connectivity index is 1.55. The van der Waals surface area contributed by atoms with Crippen molar-refractivity contribution in [2.75, 3.05) is 5.75 Å². The van der Waals surface area contributed by atoms with Gasteiger partial charge in [0.1, 0.15) is 0 Å². The first kappa shape index (κ1) is 21.9. The first-order chi connectivity index (χ1) is 14.5. The van der Waals surface area contributed by atoms with Crippen molar-refractivity contribution < 1.29 is 9.59 Å². The summed E-state index contributed by atoms with van der Waals surface area (Å²) in [6, 6.07) is 15.5. The number of hydrogen-bond donors (Lipinski definition) is 2. The molecule has 2 aromatic carbocycles. The number of imidazole rings is 1. The number of benzene rings is 2. The van der Waals surface area contributed by atoms with Crippen LogP contribution in [0.25, 0.3) is 11.0 Å². The van der Waals surface area contributed by atoms with Gasteiger partial charge in [0.25, 0.3) is 5.91 Å². The number of thioether (sulfide) groups is 1. The summed E-state index contributed by atoms with van der Waals surface area (Å²) in [6.07, 6.45) is 0.880. The SMILES string of the molecule is CCC(C)NC(=O)c1cccc(CNC(=O)CSc2nc3ccccc3n2CC)c1. The van der Waals surface area contributed by atoms with Gasteiger partial charge in [-0.25, -0.2) is 4.98 Å². The van der Waals surface area contributed by atoms with Crippen molar-refractivity contribution in [3.63, 3.8) is 0 Å². The topological polar surface area (TPSA) is 76.0 Å². The summed E-state index contributed by atoms with van der Waals surface area (Å²) < 4.78 is 2.12. The molecule has 0 aliphatic heterocycles. The van der Waals surface area contributed by atoms with Crippen LogP contribution in [-0.4, -0.2) is 33.2 Å². The minimum Gasteiger partial charge on any atom is -0.351 e. The molecule has 2 amide bonds. The quantitative estimate of drug-likeness (QED) is 0.509. The highest BCUT2D eigenvalue weighted by Gasteiger charge is 2.12. The Hall–Kier alpha value is -2.80. The molecule has 0 radical (unpaired) electrons. The van der Waals surface area contributed by atoms with E-state index in [9.17, 15) is 9.59 Å². The van der Waals surface area contributed by atoms with Crippen molar-refractivity contribution in [1.29, 1.82) is 0 Å². The fourth-order valence-corrected chi connectivity index (χ4v) is 3.99. The van der Waals surface area contributed by atoms with Crippen LogP contribution in [0.2, 0.25) is 0 Å². The van der Waals surface area contributed by atoms with E-state index in [-0.39, 0.29) is 23.6 Å². The number of aryl methyl sites for hydroxylation is 1. The van der Waals surface area contributed by atoms with Gasteiger partial charge < -0.3 is 15.2 Å². The van der Waals surface area contributed by atoms with Crippen molar-refractivity contribution in [3.05, 3.63) is 59.7 Å². The van der Waals surface area contributed by atoms with Crippen LogP contribution in [0, 0.1) is 0 Å². The first-order valence-corrected chi connectivity index (χ1v) is 11.2. The van der Waals surface area contributed by atoms with Crippen LogP contribution in [0.15, 0.2) is 53.7 Å². The molecule has 0 aliphatic carbocycles. The van der Waals surface area contributed by atoms with E-state index in [0.29, 0.717) is 12.1 Å². The van der Waals surface area contributed by atoms with Gasteiger partial charge in [-0.2, -0.15) is 0 Å². The zero-order valence-corrected chi connectivity index (χ0v) is 18.5. The number of aromatic nitrogens is 2. The average Bonchev–Trinajstić information content (AvgIpc) is 3.13. The van der Waals surface area contributed by atoms with Crippen molar-refractivity contribution in [3.8, 4) is 0 Å². The van der Waals surface area contributed by atoms with Crippen LogP contribution < -0.4 is 10.6 Å². The number of nitrogens with one attached hydrogen (secondary N) is 2. The van der Waals surface area contributed by atoms with Crippen LogP contribution >= 0.6 is 11.8 Å². The molecule has 1 heterocycles. The monoisotopic (exact) mass is 424 g/mol. The molecule has 0 aliphatic rings. The molecule has 1 atom stereocenters. The van der Waals surface area contributed by atoms with Crippen molar-refractivity contribution in [1.82, 2.24) is 20.2 Å². The normalized spacial score (nSPS) is 12.0. The lowest BCUT2D eigenvalue weighted by atomic mass is 10.1. The summed E-state index contributed by atoms with van der Waals surface area (Å²) in [4.78, 5) is 29.3. The average molecular weight is 425 g/mol. The standard InChI is InChI=1S/C23H28N4O2S/c1-4-16(3)25-22(29)18-10-8-9-17(13-18)14-24-21(28)15-30-23-26-19-11-6-7-12-20(19)27(23)5-2/h6-13,16H,4-5,14-15H2,1-3H3,(H,24,28)(H,25,29). The van der Waals surface area contributed by atoms with E-state index < -0.39 is 0 Å². The second-order valence-corrected chi connectivity index (χ2v) is 8.12. The van der Waals surface area contributed by atoms with Gasteiger partial charge in [0.2, 0.25) is 5.91 Å². The lowest BCUT2D eigenvalue weighted by Crippen LogP contribution is -2.32. The Morgan fingerprint density at radius 1 is 1.13 bits per heavy atom. The third-order valence-corrected chi connectivity index (χ3v) is 5.91. The Morgan fingerprint density at radius 3 is 2.70 bits per heavy atom.